The van der Waals surface area contributed by atoms with Crippen molar-refractivity contribution in [3.05, 3.63) is 86.4 Å². The van der Waals surface area contributed by atoms with Crippen LogP contribution < -0.4 is 19.6 Å². The lowest BCUT2D eigenvalue weighted by molar-refractivity contribution is 0.265. The van der Waals surface area contributed by atoms with Gasteiger partial charge in [0.25, 0.3) is 0 Å². The molecule has 0 amide bonds. The molecule has 3 aromatic carbocycles. The van der Waals surface area contributed by atoms with Crippen LogP contribution in [0.15, 0.2) is 54.6 Å². The normalized spacial score (nSPS) is 10.8. The fraction of sp³-hybridized carbons (Fsp3) is 0.200. The smallest absolute Gasteiger partial charge is 0.214 e. The van der Waals surface area contributed by atoms with Crippen molar-refractivity contribution in [3.8, 4) is 28.6 Å². The van der Waals surface area contributed by atoms with Gasteiger partial charge >= 0.3 is 0 Å². The van der Waals surface area contributed by atoms with Crippen LogP contribution >= 0.6 is 35.4 Å². The lowest BCUT2D eigenvalue weighted by Crippen LogP contribution is -2.16. The van der Waals surface area contributed by atoms with Gasteiger partial charge in [0.15, 0.2) is 17.3 Å². The van der Waals surface area contributed by atoms with Gasteiger partial charge in [-0.25, -0.2) is 14.2 Å². The molecular formula is C25H23Cl2FN4O3S. The van der Waals surface area contributed by atoms with E-state index in [-0.39, 0.29) is 17.2 Å². The number of aromatic nitrogens is 3. The molecule has 4 rings (SSSR count). The number of halogens is 3. The Labute approximate surface area is 222 Å². The molecule has 2 N–H and O–H groups in total. The minimum absolute atomic E-state index is 0.0774. The van der Waals surface area contributed by atoms with Crippen molar-refractivity contribution in [2.75, 3.05) is 19.1 Å². The molecule has 0 fully saturated rings. The van der Waals surface area contributed by atoms with E-state index in [1.165, 1.54) is 12.1 Å². The molecular weight excluding hydrogens is 526 g/mol. The van der Waals surface area contributed by atoms with Crippen LogP contribution in [-0.2, 0) is 13.2 Å². The van der Waals surface area contributed by atoms with Gasteiger partial charge in [-0.2, -0.15) is 5.10 Å². The van der Waals surface area contributed by atoms with Gasteiger partial charge in [0.2, 0.25) is 4.77 Å². The van der Waals surface area contributed by atoms with Gasteiger partial charge in [-0.3, -0.25) is 0 Å². The van der Waals surface area contributed by atoms with E-state index >= 15 is 0 Å². The molecule has 0 aliphatic heterocycles. The number of hydrogen-bond donors (Lipinski definition) is 2. The highest BCUT2D eigenvalue weighted by Gasteiger charge is 2.16. The number of ether oxygens (including phenoxy) is 3. The van der Waals surface area contributed by atoms with Crippen LogP contribution in [-0.4, -0.2) is 28.6 Å². The number of nitrogens with one attached hydrogen (secondary N) is 2. The molecule has 0 saturated heterocycles. The second-order valence-electron chi connectivity index (χ2n) is 7.54. The van der Waals surface area contributed by atoms with E-state index in [4.69, 9.17) is 49.6 Å². The fourth-order valence-electron chi connectivity index (χ4n) is 3.53. The van der Waals surface area contributed by atoms with Crippen molar-refractivity contribution in [2.24, 2.45) is 0 Å². The van der Waals surface area contributed by atoms with Gasteiger partial charge in [0, 0.05) is 16.7 Å². The molecule has 1 aromatic heterocycles. The summed E-state index contributed by atoms with van der Waals surface area (Å²) in [7, 11) is 1.59. The quantitative estimate of drug-likeness (QED) is 0.213. The van der Waals surface area contributed by atoms with E-state index in [9.17, 15) is 4.39 Å². The Hall–Kier alpha value is -3.27. The molecule has 11 heteroatoms. The monoisotopic (exact) mass is 548 g/mol. The van der Waals surface area contributed by atoms with Crippen LogP contribution in [0.5, 0.6) is 17.2 Å². The summed E-state index contributed by atoms with van der Waals surface area (Å²) in [6, 6.07) is 15.4. The van der Waals surface area contributed by atoms with Crippen molar-refractivity contribution in [3.63, 3.8) is 0 Å². The van der Waals surface area contributed by atoms with E-state index in [0.717, 1.165) is 11.1 Å². The predicted octanol–water partition coefficient (Wildman–Crippen LogP) is 6.78. The van der Waals surface area contributed by atoms with Gasteiger partial charge in [0.1, 0.15) is 18.2 Å². The third-order valence-corrected chi connectivity index (χ3v) is 6.27. The molecule has 0 radical (unpaired) electrons. The van der Waals surface area contributed by atoms with E-state index in [1.807, 2.05) is 31.2 Å². The molecule has 7 nitrogen and oxygen atoms in total. The maximum atomic E-state index is 14.2. The number of methoxy groups -OCH3 is 1. The Balaban J connectivity index is 1.58. The summed E-state index contributed by atoms with van der Waals surface area (Å²) in [5.41, 5.74) is 4.98. The Morgan fingerprint density at radius 2 is 1.81 bits per heavy atom. The zero-order valence-corrected chi connectivity index (χ0v) is 21.8. The summed E-state index contributed by atoms with van der Waals surface area (Å²) in [5, 5.41) is 7.85. The van der Waals surface area contributed by atoms with Crippen LogP contribution in [0.25, 0.3) is 11.4 Å². The largest absolute Gasteiger partial charge is 0.496 e. The van der Waals surface area contributed by atoms with E-state index in [2.05, 4.69) is 15.6 Å². The first-order chi connectivity index (χ1) is 17.4. The summed E-state index contributed by atoms with van der Waals surface area (Å²) in [5.74, 6) is 1.60. The number of rotatable bonds is 10. The zero-order valence-electron chi connectivity index (χ0n) is 19.5. The van der Waals surface area contributed by atoms with Gasteiger partial charge in [0.05, 0.1) is 30.8 Å². The van der Waals surface area contributed by atoms with Gasteiger partial charge < -0.3 is 19.6 Å². The van der Waals surface area contributed by atoms with Crippen molar-refractivity contribution in [2.45, 2.75) is 20.1 Å². The highest BCUT2D eigenvalue weighted by atomic mass is 35.5. The number of para-hydroxylation sites is 1. The molecule has 188 valence electrons. The summed E-state index contributed by atoms with van der Waals surface area (Å²) in [4.78, 5) is 0. The molecule has 0 saturated carbocycles. The van der Waals surface area contributed by atoms with E-state index < -0.39 is 5.82 Å². The average molecular weight is 549 g/mol. The van der Waals surface area contributed by atoms with E-state index in [0.29, 0.717) is 46.0 Å². The Bertz CT molecular complexity index is 1410. The Kier molecular flexibility index (Phi) is 8.35. The molecule has 36 heavy (non-hydrogen) atoms. The topological polar surface area (TPSA) is 73.3 Å². The van der Waals surface area contributed by atoms with Crippen LogP contribution in [0.4, 0.5) is 4.39 Å². The van der Waals surface area contributed by atoms with E-state index in [1.54, 1.807) is 30.0 Å². The van der Waals surface area contributed by atoms with Gasteiger partial charge in [-0.15, -0.1) is 0 Å². The molecule has 0 unspecified atom stereocenters. The second-order valence-corrected chi connectivity index (χ2v) is 8.74. The molecule has 1 heterocycles. The number of nitrogens with zero attached hydrogens (tertiary/aromatic N) is 2. The zero-order chi connectivity index (χ0) is 25.7. The number of hydrogen-bond acceptors (Lipinski definition) is 6. The van der Waals surface area contributed by atoms with Gasteiger partial charge in [-0.05, 0) is 55.0 Å². The highest BCUT2D eigenvalue weighted by molar-refractivity contribution is 7.71. The minimum Gasteiger partial charge on any atom is -0.496 e. The second kappa shape index (κ2) is 11.6. The van der Waals surface area contributed by atoms with Crippen molar-refractivity contribution >= 4 is 35.4 Å². The van der Waals surface area contributed by atoms with Crippen LogP contribution in [0.3, 0.4) is 0 Å². The Morgan fingerprint density at radius 3 is 2.56 bits per heavy atom. The molecule has 0 spiro atoms. The maximum absolute atomic E-state index is 14.2. The first-order valence-electron chi connectivity index (χ1n) is 11.0. The summed E-state index contributed by atoms with van der Waals surface area (Å²) < 4.78 is 33.2. The SMILES string of the molecule is CCOc1cc(CNn2c(-c3ccccc3OC)n[nH]c2=S)c(Cl)cc1OCc1c(F)cccc1Cl. The maximum Gasteiger partial charge on any atom is 0.214 e. The molecule has 0 bridgehead atoms. The molecule has 4 aromatic rings. The summed E-state index contributed by atoms with van der Waals surface area (Å²) in [6.45, 7) is 2.48. The first kappa shape index (κ1) is 25.8. The molecule has 0 aliphatic carbocycles. The first-order valence-corrected chi connectivity index (χ1v) is 12.1. The van der Waals surface area contributed by atoms with Crippen molar-refractivity contribution in [1.29, 1.82) is 0 Å². The lowest BCUT2D eigenvalue weighted by atomic mass is 10.2. The highest BCUT2D eigenvalue weighted by Crippen LogP contribution is 2.35. The summed E-state index contributed by atoms with van der Waals surface area (Å²) in [6.07, 6.45) is 0. The van der Waals surface area contributed by atoms with Crippen molar-refractivity contribution in [1.82, 2.24) is 14.9 Å². The van der Waals surface area contributed by atoms with Crippen LogP contribution in [0, 0.1) is 10.6 Å². The summed E-state index contributed by atoms with van der Waals surface area (Å²) >= 11 is 18.1. The third-order valence-electron chi connectivity index (χ3n) is 5.29. The standard InChI is InChI=1S/C25H23Cl2FN4O3S/c1-3-34-22-11-15(19(27)12-23(22)35-14-17-18(26)8-6-9-20(17)28)13-29-32-24(30-31-25(32)36)16-7-4-5-10-21(16)33-2/h4-12,29H,3,13-14H2,1-2H3,(H,31,36). The molecule has 0 atom stereocenters. The van der Waals surface area contributed by atoms with Gasteiger partial charge in [-0.1, -0.05) is 41.4 Å². The number of H-pyrrole nitrogens is 1. The fourth-order valence-corrected chi connectivity index (χ4v) is 4.17. The lowest BCUT2D eigenvalue weighted by Gasteiger charge is -2.17. The van der Waals surface area contributed by atoms with Crippen molar-refractivity contribution < 1.29 is 18.6 Å². The minimum atomic E-state index is -0.449. The molecule has 0 aliphatic rings. The number of benzene rings is 3. The van der Waals surface area contributed by atoms with Crippen LogP contribution in [0.1, 0.15) is 18.1 Å². The Morgan fingerprint density at radius 1 is 1.03 bits per heavy atom. The predicted molar refractivity (Wildman–Crippen MR) is 141 cm³/mol. The van der Waals surface area contributed by atoms with Crippen LogP contribution in [0.2, 0.25) is 10.0 Å². The third kappa shape index (κ3) is 5.59. The number of aromatic amines is 1. The average Bonchev–Trinajstić information content (AvgIpc) is 3.24.